The van der Waals surface area contributed by atoms with Crippen LogP contribution in [0.5, 0.6) is 0 Å². The predicted octanol–water partition coefficient (Wildman–Crippen LogP) is 1.75. The number of aromatic carboxylic acids is 1. The largest absolute Gasteiger partial charge is 0.478 e. The summed E-state index contributed by atoms with van der Waals surface area (Å²) in [5.41, 5.74) is 6.50. The van der Waals surface area contributed by atoms with Gasteiger partial charge < -0.3 is 14.8 Å². The summed E-state index contributed by atoms with van der Waals surface area (Å²) in [4.78, 5) is 16.5. The number of carbonyl (C=O) groups is 1. The van der Waals surface area contributed by atoms with Crippen LogP contribution in [0.1, 0.15) is 35.3 Å². The van der Waals surface area contributed by atoms with Gasteiger partial charge in [0.1, 0.15) is 11.3 Å². The summed E-state index contributed by atoms with van der Waals surface area (Å²) < 4.78 is 39.1. The Balaban J connectivity index is 0.000000658. The van der Waals surface area contributed by atoms with Gasteiger partial charge in [0.15, 0.2) is 0 Å². The molecule has 0 amide bonds. The van der Waals surface area contributed by atoms with Gasteiger partial charge in [-0.3, -0.25) is 4.99 Å². The van der Waals surface area contributed by atoms with Gasteiger partial charge in [0.05, 0.1) is 25.8 Å². The number of hydrogen-bond acceptors (Lipinski definition) is 8. The minimum atomic E-state index is -4.69. The van der Waals surface area contributed by atoms with Gasteiger partial charge in [-0.05, 0) is 68.1 Å². The quantitative estimate of drug-likeness (QED) is 0.339. The van der Waals surface area contributed by atoms with Gasteiger partial charge in [0.25, 0.3) is 0 Å². The lowest BCUT2D eigenvalue weighted by atomic mass is 9.90. The molecule has 2 aromatic carbocycles. The van der Waals surface area contributed by atoms with Gasteiger partial charge in [-0.2, -0.15) is 14.0 Å². The summed E-state index contributed by atoms with van der Waals surface area (Å²) in [5.74, 6) is -0.189. The third-order valence-corrected chi connectivity index (χ3v) is 5.56. The van der Waals surface area contributed by atoms with Crippen molar-refractivity contribution >= 4 is 22.6 Å². The fraction of sp³-hybridized carbons (Fsp3) is 0.231. The summed E-state index contributed by atoms with van der Waals surface area (Å²) in [7, 11) is -4.69. The smallest absolute Gasteiger partial charge is 0.336 e. The van der Waals surface area contributed by atoms with Crippen LogP contribution in [0.3, 0.4) is 0 Å². The molecule has 0 spiro atoms. The molecule has 3 N–H and O–H groups in total. The van der Waals surface area contributed by atoms with E-state index in [2.05, 4.69) is 22.4 Å². The second kappa shape index (κ2) is 11.1. The number of nitrogens with one attached hydrogen (secondary N) is 1. The lowest BCUT2D eigenvalue weighted by molar-refractivity contribution is -1.92. The predicted molar refractivity (Wildman–Crippen MR) is 127 cm³/mol. The van der Waals surface area contributed by atoms with Crippen LogP contribution in [-0.4, -0.2) is 28.8 Å². The highest BCUT2D eigenvalue weighted by atomic mass is 35.7. The summed E-state index contributed by atoms with van der Waals surface area (Å²) in [6.45, 7) is 9.56. The molecule has 0 atom stereocenters. The summed E-state index contributed by atoms with van der Waals surface area (Å²) in [6.07, 6.45) is 0. The van der Waals surface area contributed by atoms with Gasteiger partial charge in [-0.1, -0.05) is 18.2 Å². The maximum Gasteiger partial charge on any atom is 0.336 e. The molecule has 2 aliphatic rings. The average Bonchev–Trinajstić information content (AvgIpc) is 2.79. The fourth-order valence-electron chi connectivity index (χ4n) is 4.13. The zero-order valence-electron chi connectivity index (χ0n) is 20.3. The van der Waals surface area contributed by atoms with E-state index in [4.69, 9.17) is 23.1 Å². The Kier molecular flexibility index (Phi) is 8.34. The monoisotopic (exact) mass is 514 g/mol. The second-order valence-electron chi connectivity index (χ2n) is 8.01. The Morgan fingerprint density at radius 2 is 1.75 bits per heavy atom. The van der Waals surface area contributed by atoms with E-state index in [0.29, 0.717) is 17.7 Å². The highest BCUT2D eigenvalue weighted by Crippen LogP contribution is 2.41. The van der Waals surface area contributed by atoms with E-state index >= 15 is 0 Å². The Morgan fingerprint density at radius 3 is 2.36 bits per heavy atom. The van der Waals surface area contributed by atoms with Crippen LogP contribution in [0, 0.1) is 24.1 Å². The van der Waals surface area contributed by atoms with Crippen LogP contribution in [0.25, 0.3) is 33.4 Å². The van der Waals surface area contributed by atoms with Crippen LogP contribution < -0.4 is 24.7 Å². The lowest BCUT2D eigenvalue weighted by Crippen LogP contribution is -2.58. The zero-order chi connectivity index (χ0) is 26.6. The molecule has 0 bridgehead atoms. The van der Waals surface area contributed by atoms with Gasteiger partial charge in [-0.15, -0.1) is 0 Å². The minimum absolute atomic E-state index is 0.272. The van der Waals surface area contributed by atoms with Crippen molar-refractivity contribution in [2.24, 2.45) is 4.99 Å². The summed E-state index contributed by atoms with van der Waals surface area (Å²) >= 11 is 0. The normalized spacial score (nSPS) is 11.9. The van der Waals surface area contributed by atoms with Gasteiger partial charge in [-0.25, -0.2) is 4.79 Å². The fourth-order valence-corrected chi connectivity index (χ4v) is 4.13. The van der Waals surface area contributed by atoms with Crippen LogP contribution >= 0.6 is 0 Å². The number of benzene rings is 3. The zero-order valence-corrected chi connectivity index (χ0v) is 21.0. The van der Waals surface area contributed by atoms with E-state index in [0.717, 1.165) is 51.0 Å². The van der Waals surface area contributed by atoms with E-state index in [9.17, 15) is 9.90 Å². The molecule has 36 heavy (non-hydrogen) atoms. The van der Waals surface area contributed by atoms with E-state index in [1.165, 1.54) is 0 Å². The number of carboxylic acids is 1. The molecule has 0 saturated carbocycles. The molecule has 0 saturated heterocycles. The highest BCUT2D eigenvalue weighted by Gasteiger charge is 2.20. The van der Waals surface area contributed by atoms with E-state index in [1.54, 1.807) is 12.1 Å². The number of carboxylic acid groups (broad SMARTS) is 1. The number of hydrogen-bond donors (Lipinski definition) is 3. The van der Waals surface area contributed by atoms with Crippen molar-refractivity contribution in [1.82, 2.24) is 0 Å². The molecule has 0 unspecified atom stereocenters. The van der Waals surface area contributed by atoms with Crippen LogP contribution in [0.15, 0.2) is 57.9 Å². The molecule has 190 valence electrons. The van der Waals surface area contributed by atoms with E-state index < -0.39 is 16.2 Å². The number of anilines is 1. The maximum absolute atomic E-state index is 12.0. The third-order valence-electron chi connectivity index (χ3n) is 5.56. The van der Waals surface area contributed by atoms with E-state index in [-0.39, 0.29) is 5.56 Å². The number of rotatable bonds is 5. The second-order valence-corrected chi connectivity index (χ2v) is 8.80. The summed E-state index contributed by atoms with van der Waals surface area (Å²) in [6, 6.07) is 15.3. The standard InChI is InChI=1S/C26H26N2O3.ClHO4/c1-5-27-21-13-23-17(11-15(21)3)12-20-24(31-23)14-22(28-6-2)16(4)25(20)18-9-7-8-10-19(18)26(29)30;2-1(3,4)5/h7-14,28H,5-6H2,1-4H3,(H,29,30);(H,2,3,4,5). The van der Waals surface area contributed by atoms with Crippen LogP contribution in [-0.2, 0) is 0 Å². The van der Waals surface area contributed by atoms with Crippen molar-refractivity contribution in [2.75, 3.05) is 18.4 Å². The molecule has 10 heteroatoms. The average molecular weight is 515 g/mol. The molecule has 0 aromatic heterocycles. The maximum atomic E-state index is 12.0. The Morgan fingerprint density at radius 1 is 1.08 bits per heavy atom. The van der Waals surface area contributed by atoms with Crippen molar-refractivity contribution < 1.29 is 43.2 Å². The lowest BCUT2D eigenvalue weighted by Gasteiger charge is -2.19. The van der Waals surface area contributed by atoms with Crippen molar-refractivity contribution in [1.29, 1.82) is 0 Å². The minimum Gasteiger partial charge on any atom is -0.478 e. The summed E-state index contributed by atoms with van der Waals surface area (Å²) in [5, 5.41) is 15.0. The molecule has 1 heterocycles. The molecule has 0 radical (unpaired) electrons. The van der Waals surface area contributed by atoms with Gasteiger partial charge in [0, 0.05) is 41.9 Å². The number of fused-ring (bicyclic) bond motifs is 2. The Hall–Kier alpha value is -3.47. The Labute approximate surface area is 210 Å². The first-order valence-electron chi connectivity index (χ1n) is 11.2. The molecule has 2 aromatic rings. The topological polar surface area (TPSA) is 164 Å². The van der Waals surface area contributed by atoms with Crippen molar-refractivity contribution in [3.8, 4) is 22.5 Å². The number of aryl methyl sites for hydroxylation is 1. The van der Waals surface area contributed by atoms with E-state index in [1.807, 2.05) is 52.0 Å². The molecule has 1 aliphatic carbocycles. The molecule has 1 aliphatic heterocycles. The first kappa shape index (κ1) is 27.1. The van der Waals surface area contributed by atoms with Crippen molar-refractivity contribution in [3.05, 3.63) is 70.6 Å². The van der Waals surface area contributed by atoms with Crippen molar-refractivity contribution in [2.45, 2.75) is 27.7 Å². The SMILES string of the molecule is CCN=c1cc2oc3cc(NCC)c(C)c(-c4ccccc4C(=O)O)c3cc-2cc1C.[O-][Cl+3]([O-])([O-])O. The first-order valence-corrected chi connectivity index (χ1v) is 12.4. The first-order chi connectivity index (χ1) is 16.9. The van der Waals surface area contributed by atoms with Crippen LogP contribution in [0.2, 0.25) is 0 Å². The molecule has 0 fully saturated rings. The number of nitrogens with zero attached hydrogens (tertiary/aromatic N) is 1. The van der Waals surface area contributed by atoms with Gasteiger partial charge >= 0.3 is 5.97 Å². The van der Waals surface area contributed by atoms with Crippen molar-refractivity contribution in [3.63, 3.8) is 0 Å². The van der Waals surface area contributed by atoms with Crippen LogP contribution in [0.4, 0.5) is 5.69 Å². The number of halogens is 1. The van der Waals surface area contributed by atoms with Gasteiger partial charge in [0.2, 0.25) is 0 Å². The molecule has 4 rings (SSSR count). The molecular weight excluding hydrogens is 488 g/mol. The Bertz CT molecular complexity index is 1440. The molecular formula is C26H27ClN2O7. The third kappa shape index (κ3) is 6.20. The highest BCUT2D eigenvalue weighted by molar-refractivity contribution is 6.06. The molecule has 9 nitrogen and oxygen atoms in total.